The van der Waals surface area contributed by atoms with Crippen LogP contribution in [0.25, 0.3) is 11.3 Å². The fourth-order valence-electron chi connectivity index (χ4n) is 2.20. The van der Waals surface area contributed by atoms with Crippen LogP contribution in [0.2, 0.25) is 5.02 Å². The fraction of sp³-hybridized carbons (Fsp3) is 0.118. The molecule has 0 aliphatic rings. The van der Waals surface area contributed by atoms with Crippen molar-refractivity contribution in [3.8, 4) is 11.3 Å². The summed E-state index contributed by atoms with van der Waals surface area (Å²) in [6, 6.07) is 12.2. The standard InChI is InChI=1S/C17H11ClF3NO/c18-14-6-2-4-12(9-14)15-10-22-16(23-15)8-11-3-1-5-13(7-11)17(19,20)21/h1-7,9-10H,8H2. The lowest BCUT2D eigenvalue weighted by atomic mass is 10.1. The average Bonchev–Trinajstić information content (AvgIpc) is 2.95. The van der Waals surface area contributed by atoms with E-state index in [9.17, 15) is 13.2 Å². The molecule has 0 radical (unpaired) electrons. The minimum Gasteiger partial charge on any atom is -0.440 e. The molecular weight excluding hydrogens is 327 g/mol. The largest absolute Gasteiger partial charge is 0.440 e. The first-order valence-corrected chi connectivity index (χ1v) is 7.16. The van der Waals surface area contributed by atoms with Crippen molar-refractivity contribution in [2.75, 3.05) is 0 Å². The van der Waals surface area contributed by atoms with Crippen LogP contribution in [0.1, 0.15) is 17.0 Å². The van der Waals surface area contributed by atoms with Gasteiger partial charge in [-0.15, -0.1) is 0 Å². The van der Waals surface area contributed by atoms with Crippen LogP contribution < -0.4 is 0 Å². The molecule has 0 bridgehead atoms. The van der Waals surface area contributed by atoms with Gasteiger partial charge < -0.3 is 4.42 Å². The zero-order valence-corrected chi connectivity index (χ0v) is 12.5. The molecule has 118 valence electrons. The summed E-state index contributed by atoms with van der Waals surface area (Å²) in [4.78, 5) is 4.12. The predicted molar refractivity (Wildman–Crippen MR) is 81.2 cm³/mol. The van der Waals surface area contributed by atoms with Gasteiger partial charge in [-0.3, -0.25) is 0 Å². The van der Waals surface area contributed by atoms with E-state index in [2.05, 4.69) is 4.98 Å². The van der Waals surface area contributed by atoms with Crippen molar-refractivity contribution in [3.63, 3.8) is 0 Å². The third kappa shape index (κ3) is 3.74. The third-order valence-corrected chi connectivity index (χ3v) is 3.51. The Morgan fingerprint density at radius 3 is 2.57 bits per heavy atom. The van der Waals surface area contributed by atoms with Crippen LogP contribution in [-0.4, -0.2) is 4.98 Å². The first-order chi connectivity index (χ1) is 10.9. The van der Waals surface area contributed by atoms with Gasteiger partial charge in [0.05, 0.1) is 11.8 Å². The lowest BCUT2D eigenvalue weighted by Gasteiger charge is -2.07. The molecule has 3 aromatic rings. The summed E-state index contributed by atoms with van der Waals surface area (Å²) in [5.74, 6) is 0.869. The second kappa shape index (κ2) is 6.08. The molecule has 2 aromatic carbocycles. The van der Waals surface area contributed by atoms with Crippen LogP contribution in [-0.2, 0) is 12.6 Å². The number of nitrogens with zero attached hydrogens (tertiary/aromatic N) is 1. The Hall–Kier alpha value is -2.27. The van der Waals surface area contributed by atoms with Crippen molar-refractivity contribution in [1.82, 2.24) is 4.98 Å². The fourth-order valence-corrected chi connectivity index (χ4v) is 2.39. The van der Waals surface area contributed by atoms with Gasteiger partial charge in [-0.2, -0.15) is 13.2 Å². The van der Waals surface area contributed by atoms with Gasteiger partial charge in [-0.1, -0.05) is 41.9 Å². The number of aromatic nitrogens is 1. The summed E-state index contributed by atoms with van der Waals surface area (Å²) in [5, 5.41) is 0.568. The zero-order valence-electron chi connectivity index (χ0n) is 11.8. The predicted octanol–water partition coefficient (Wildman–Crippen LogP) is 5.60. The van der Waals surface area contributed by atoms with Crippen molar-refractivity contribution in [2.45, 2.75) is 12.6 Å². The van der Waals surface area contributed by atoms with Gasteiger partial charge in [0.1, 0.15) is 0 Å². The van der Waals surface area contributed by atoms with E-state index in [-0.39, 0.29) is 6.42 Å². The second-order valence-electron chi connectivity index (χ2n) is 5.00. The molecule has 3 rings (SSSR count). The number of hydrogen-bond donors (Lipinski definition) is 0. The minimum absolute atomic E-state index is 0.185. The molecule has 0 spiro atoms. The highest BCUT2D eigenvalue weighted by Crippen LogP contribution is 2.30. The van der Waals surface area contributed by atoms with Crippen LogP contribution in [0, 0.1) is 0 Å². The molecule has 6 heteroatoms. The van der Waals surface area contributed by atoms with E-state index in [1.165, 1.54) is 12.3 Å². The molecule has 1 aromatic heterocycles. The number of halogens is 4. The maximum absolute atomic E-state index is 12.7. The minimum atomic E-state index is -4.36. The van der Waals surface area contributed by atoms with Crippen molar-refractivity contribution in [1.29, 1.82) is 0 Å². The van der Waals surface area contributed by atoms with E-state index in [1.54, 1.807) is 24.3 Å². The summed E-state index contributed by atoms with van der Waals surface area (Å²) in [5.41, 5.74) is 0.566. The molecule has 23 heavy (non-hydrogen) atoms. The SMILES string of the molecule is FC(F)(F)c1cccc(Cc2ncc(-c3cccc(Cl)c3)o2)c1. The Morgan fingerprint density at radius 1 is 1.04 bits per heavy atom. The molecule has 0 aliphatic heterocycles. The number of alkyl halides is 3. The van der Waals surface area contributed by atoms with Crippen molar-refractivity contribution >= 4 is 11.6 Å². The summed E-state index contributed by atoms with van der Waals surface area (Å²) in [6.07, 6.45) is -2.64. The quantitative estimate of drug-likeness (QED) is 0.621. The van der Waals surface area contributed by atoms with Crippen LogP contribution in [0.4, 0.5) is 13.2 Å². The molecule has 0 fully saturated rings. The number of rotatable bonds is 3. The summed E-state index contributed by atoms with van der Waals surface area (Å²) < 4.78 is 43.8. The lowest BCUT2D eigenvalue weighted by Crippen LogP contribution is -2.05. The topological polar surface area (TPSA) is 26.0 Å². The van der Waals surface area contributed by atoms with E-state index in [0.29, 0.717) is 22.2 Å². The molecule has 1 heterocycles. The van der Waals surface area contributed by atoms with Crippen LogP contribution in [0.15, 0.2) is 59.1 Å². The van der Waals surface area contributed by atoms with Crippen molar-refractivity contribution in [2.24, 2.45) is 0 Å². The smallest absolute Gasteiger partial charge is 0.416 e. The molecular formula is C17H11ClF3NO. The molecule has 0 unspecified atom stereocenters. The van der Waals surface area contributed by atoms with Gasteiger partial charge in [-0.05, 0) is 23.8 Å². The Labute approximate surface area is 135 Å². The van der Waals surface area contributed by atoms with Crippen molar-refractivity contribution in [3.05, 3.63) is 76.8 Å². The monoisotopic (exact) mass is 337 g/mol. The molecule has 0 saturated carbocycles. The van der Waals surface area contributed by atoms with Gasteiger partial charge in [0, 0.05) is 17.0 Å². The highest BCUT2D eigenvalue weighted by atomic mass is 35.5. The molecule has 0 atom stereocenters. The summed E-state index contributed by atoms with van der Waals surface area (Å²) in [6.45, 7) is 0. The maximum atomic E-state index is 12.7. The Bertz CT molecular complexity index is 826. The first kappa shape index (κ1) is 15.6. The Balaban J connectivity index is 1.82. The highest BCUT2D eigenvalue weighted by molar-refractivity contribution is 6.30. The van der Waals surface area contributed by atoms with E-state index in [0.717, 1.165) is 17.7 Å². The van der Waals surface area contributed by atoms with Gasteiger partial charge in [-0.25, -0.2) is 4.98 Å². The van der Waals surface area contributed by atoms with Crippen LogP contribution >= 0.6 is 11.6 Å². The van der Waals surface area contributed by atoms with Gasteiger partial charge in [0.25, 0.3) is 0 Å². The highest BCUT2D eigenvalue weighted by Gasteiger charge is 2.30. The van der Waals surface area contributed by atoms with Gasteiger partial charge >= 0.3 is 6.18 Å². The first-order valence-electron chi connectivity index (χ1n) is 6.78. The number of hydrogen-bond acceptors (Lipinski definition) is 2. The van der Waals surface area contributed by atoms with Crippen molar-refractivity contribution < 1.29 is 17.6 Å². The van der Waals surface area contributed by atoms with E-state index >= 15 is 0 Å². The molecule has 0 aliphatic carbocycles. The number of benzene rings is 2. The zero-order chi connectivity index (χ0) is 16.4. The van der Waals surface area contributed by atoms with Crippen LogP contribution in [0.3, 0.4) is 0 Å². The average molecular weight is 338 g/mol. The molecule has 2 nitrogen and oxygen atoms in total. The Morgan fingerprint density at radius 2 is 1.83 bits per heavy atom. The van der Waals surface area contributed by atoms with Gasteiger partial charge in [0.15, 0.2) is 11.7 Å². The third-order valence-electron chi connectivity index (χ3n) is 3.27. The molecule has 0 amide bonds. The lowest BCUT2D eigenvalue weighted by molar-refractivity contribution is -0.137. The van der Waals surface area contributed by atoms with Crippen LogP contribution in [0.5, 0.6) is 0 Å². The number of oxazole rings is 1. The van der Waals surface area contributed by atoms with E-state index in [1.807, 2.05) is 6.07 Å². The maximum Gasteiger partial charge on any atom is 0.416 e. The van der Waals surface area contributed by atoms with E-state index in [4.69, 9.17) is 16.0 Å². The van der Waals surface area contributed by atoms with E-state index < -0.39 is 11.7 Å². The molecule has 0 N–H and O–H groups in total. The normalized spacial score (nSPS) is 11.7. The van der Waals surface area contributed by atoms with Gasteiger partial charge in [0.2, 0.25) is 0 Å². The summed E-state index contributed by atoms with van der Waals surface area (Å²) in [7, 11) is 0. The Kier molecular flexibility index (Phi) is 4.13. The molecule has 0 saturated heterocycles. The summed E-state index contributed by atoms with van der Waals surface area (Å²) >= 11 is 5.92. The second-order valence-corrected chi connectivity index (χ2v) is 5.44.